The van der Waals surface area contributed by atoms with Crippen molar-refractivity contribution >= 4 is 0 Å². The third kappa shape index (κ3) is 3.66. The van der Waals surface area contributed by atoms with Crippen LogP contribution in [0.4, 0.5) is 0 Å². The second kappa shape index (κ2) is 7.73. The predicted molar refractivity (Wildman–Crippen MR) is 102 cm³/mol. The number of aromatic amines is 1. The highest BCUT2D eigenvalue weighted by Crippen LogP contribution is 2.34. The molecule has 4 rings (SSSR count). The Morgan fingerprint density at radius 2 is 2.00 bits per heavy atom. The molecular weight excluding hydrogens is 308 g/mol. The van der Waals surface area contributed by atoms with Crippen LogP contribution >= 0.6 is 0 Å². The number of nitrogens with two attached hydrogens (primary N) is 1. The second-order valence-corrected chi connectivity index (χ2v) is 7.51. The van der Waals surface area contributed by atoms with Crippen molar-refractivity contribution < 1.29 is 0 Å². The number of aromatic nitrogens is 1. The molecule has 1 aromatic carbocycles. The lowest BCUT2D eigenvalue weighted by Crippen LogP contribution is -2.46. The van der Waals surface area contributed by atoms with Crippen molar-refractivity contribution in [1.82, 2.24) is 15.2 Å². The van der Waals surface area contributed by atoms with Gasteiger partial charge in [-0.25, -0.2) is 0 Å². The van der Waals surface area contributed by atoms with Crippen LogP contribution in [-0.4, -0.2) is 35.6 Å². The molecule has 25 heavy (non-hydrogen) atoms. The van der Waals surface area contributed by atoms with Gasteiger partial charge in [-0.15, -0.1) is 0 Å². The Bertz CT molecular complexity index is 693. The summed E-state index contributed by atoms with van der Waals surface area (Å²) in [6.07, 6.45) is 8.06. The Balaban J connectivity index is 1.49. The van der Waals surface area contributed by atoms with Gasteiger partial charge in [-0.3, -0.25) is 4.90 Å². The maximum absolute atomic E-state index is 5.83. The Morgan fingerprint density at radius 3 is 2.88 bits per heavy atom. The summed E-state index contributed by atoms with van der Waals surface area (Å²) in [5, 5.41) is 3.76. The predicted octanol–water partition coefficient (Wildman–Crippen LogP) is 2.76. The van der Waals surface area contributed by atoms with E-state index in [2.05, 4.69) is 51.7 Å². The van der Waals surface area contributed by atoms with Crippen LogP contribution in [0.25, 0.3) is 0 Å². The van der Waals surface area contributed by atoms with Crippen molar-refractivity contribution in [2.24, 2.45) is 5.73 Å². The molecule has 0 spiro atoms. The third-order valence-electron chi connectivity index (χ3n) is 5.84. The van der Waals surface area contributed by atoms with E-state index in [1.54, 1.807) is 0 Å². The molecular formula is C21H30N4. The number of aryl methyl sites for hydroxylation is 1. The van der Waals surface area contributed by atoms with Crippen LogP contribution < -0.4 is 11.1 Å². The van der Waals surface area contributed by atoms with E-state index >= 15 is 0 Å². The lowest BCUT2D eigenvalue weighted by molar-refractivity contribution is 0.153. The summed E-state index contributed by atoms with van der Waals surface area (Å²) < 4.78 is 0. The van der Waals surface area contributed by atoms with E-state index in [9.17, 15) is 0 Å². The quantitative estimate of drug-likeness (QED) is 0.759. The molecule has 4 heteroatoms. The minimum Gasteiger partial charge on any atom is -0.363 e. The van der Waals surface area contributed by atoms with E-state index < -0.39 is 0 Å². The van der Waals surface area contributed by atoms with E-state index in [0.29, 0.717) is 12.1 Å². The molecule has 0 bridgehead atoms. The summed E-state index contributed by atoms with van der Waals surface area (Å²) in [5.41, 5.74) is 11.7. The minimum atomic E-state index is 0.518. The zero-order chi connectivity index (χ0) is 17.1. The molecule has 2 aliphatic rings. The molecule has 0 fully saturated rings. The minimum absolute atomic E-state index is 0.518. The van der Waals surface area contributed by atoms with Gasteiger partial charge >= 0.3 is 0 Å². The van der Waals surface area contributed by atoms with Crippen LogP contribution in [0.5, 0.6) is 0 Å². The molecule has 1 aromatic heterocycles. The molecule has 2 atom stereocenters. The van der Waals surface area contributed by atoms with Crippen LogP contribution in [-0.2, 0) is 19.4 Å². The first-order chi connectivity index (χ1) is 12.3. The molecule has 2 heterocycles. The zero-order valence-electron chi connectivity index (χ0n) is 15.0. The summed E-state index contributed by atoms with van der Waals surface area (Å²) in [6.45, 7) is 3.93. The first-order valence-electron chi connectivity index (χ1n) is 9.75. The molecule has 0 saturated carbocycles. The zero-order valence-corrected chi connectivity index (χ0v) is 15.0. The van der Waals surface area contributed by atoms with Crippen molar-refractivity contribution in [3.05, 3.63) is 58.9 Å². The first kappa shape index (κ1) is 16.8. The van der Waals surface area contributed by atoms with Crippen LogP contribution in [0, 0.1) is 0 Å². The highest BCUT2D eigenvalue weighted by atomic mass is 15.2. The molecule has 134 valence electrons. The smallest absolute Gasteiger partial charge is 0.0501 e. The second-order valence-electron chi connectivity index (χ2n) is 7.51. The maximum atomic E-state index is 5.83. The number of H-pyrrole nitrogens is 1. The Hall–Kier alpha value is -1.62. The van der Waals surface area contributed by atoms with Gasteiger partial charge in [-0.05, 0) is 61.4 Å². The van der Waals surface area contributed by atoms with E-state index in [1.165, 1.54) is 41.6 Å². The van der Waals surface area contributed by atoms with Crippen molar-refractivity contribution in [2.75, 3.05) is 19.6 Å². The van der Waals surface area contributed by atoms with Crippen molar-refractivity contribution in [3.8, 4) is 0 Å². The fraction of sp³-hybridized carbons (Fsp3) is 0.524. The highest BCUT2D eigenvalue weighted by molar-refractivity contribution is 5.30. The summed E-state index contributed by atoms with van der Waals surface area (Å²) >= 11 is 0. The highest BCUT2D eigenvalue weighted by Gasteiger charge is 2.29. The molecule has 2 unspecified atom stereocenters. The number of hydrogen-bond acceptors (Lipinski definition) is 3. The van der Waals surface area contributed by atoms with Gasteiger partial charge in [0, 0.05) is 37.6 Å². The maximum Gasteiger partial charge on any atom is 0.0501 e. The Labute approximate surface area is 150 Å². The molecule has 2 aromatic rings. The molecule has 0 radical (unpaired) electrons. The van der Waals surface area contributed by atoms with Gasteiger partial charge in [0.15, 0.2) is 0 Å². The van der Waals surface area contributed by atoms with Crippen molar-refractivity contribution in [3.63, 3.8) is 0 Å². The van der Waals surface area contributed by atoms with Gasteiger partial charge in [-0.2, -0.15) is 0 Å². The van der Waals surface area contributed by atoms with Gasteiger partial charge in [0.2, 0.25) is 0 Å². The van der Waals surface area contributed by atoms with E-state index in [1.807, 2.05) is 0 Å². The summed E-state index contributed by atoms with van der Waals surface area (Å²) in [6, 6.07) is 12.1. The largest absolute Gasteiger partial charge is 0.363 e. The number of fused-ring (bicyclic) bond motifs is 2. The number of benzene rings is 1. The normalized spacial score (nSPS) is 22.6. The monoisotopic (exact) mass is 338 g/mol. The number of nitrogens with one attached hydrogen (secondary N) is 2. The van der Waals surface area contributed by atoms with Gasteiger partial charge in [-0.1, -0.05) is 24.3 Å². The van der Waals surface area contributed by atoms with Crippen molar-refractivity contribution in [1.29, 1.82) is 0 Å². The standard InChI is InChI=1S/C21H30N4/c22-10-4-12-25(20-8-3-7-16-9-11-23-21(16)20)15-19-13-17-5-1-2-6-18(17)14-24-19/h1-2,5-6,9,11,19-20,23-24H,3-4,7-8,10,12-15,22H2. The van der Waals surface area contributed by atoms with Gasteiger partial charge in [0.1, 0.15) is 0 Å². The molecule has 4 nitrogen and oxygen atoms in total. The average molecular weight is 338 g/mol. The average Bonchev–Trinajstić information content (AvgIpc) is 3.14. The number of rotatable bonds is 6. The lowest BCUT2D eigenvalue weighted by Gasteiger charge is -2.38. The van der Waals surface area contributed by atoms with Crippen LogP contribution in [0.2, 0.25) is 0 Å². The van der Waals surface area contributed by atoms with Gasteiger partial charge in [0.25, 0.3) is 0 Å². The van der Waals surface area contributed by atoms with Crippen LogP contribution in [0.1, 0.15) is 47.7 Å². The summed E-state index contributed by atoms with van der Waals surface area (Å²) in [7, 11) is 0. The molecule has 1 aliphatic heterocycles. The van der Waals surface area contributed by atoms with Gasteiger partial charge in [0.05, 0.1) is 6.04 Å². The molecule has 4 N–H and O–H groups in total. The molecule has 1 aliphatic carbocycles. The van der Waals surface area contributed by atoms with E-state index in [0.717, 1.165) is 39.0 Å². The van der Waals surface area contributed by atoms with Crippen LogP contribution in [0.3, 0.4) is 0 Å². The lowest BCUT2D eigenvalue weighted by atomic mass is 9.91. The SMILES string of the molecule is NCCCN(CC1Cc2ccccc2CN1)C1CCCc2cc[nH]c21. The first-order valence-corrected chi connectivity index (χ1v) is 9.75. The summed E-state index contributed by atoms with van der Waals surface area (Å²) in [5.74, 6) is 0. The van der Waals surface area contributed by atoms with Crippen LogP contribution in [0.15, 0.2) is 36.5 Å². The van der Waals surface area contributed by atoms with Crippen molar-refractivity contribution in [2.45, 2.75) is 50.7 Å². The third-order valence-corrected chi connectivity index (χ3v) is 5.84. The topological polar surface area (TPSA) is 57.1 Å². The van der Waals surface area contributed by atoms with E-state index in [-0.39, 0.29) is 0 Å². The fourth-order valence-electron chi connectivity index (χ4n) is 4.54. The molecule has 0 saturated heterocycles. The Morgan fingerprint density at radius 1 is 1.12 bits per heavy atom. The molecule has 0 amide bonds. The van der Waals surface area contributed by atoms with E-state index in [4.69, 9.17) is 5.73 Å². The van der Waals surface area contributed by atoms with Gasteiger partial charge < -0.3 is 16.0 Å². The fourth-order valence-corrected chi connectivity index (χ4v) is 4.54. The number of nitrogens with zero attached hydrogens (tertiary/aromatic N) is 1. The number of hydrogen-bond donors (Lipinski definition) is 3. The Kier molecular flexibility index (Phi) is 5.20. The summed E-state index contributed by atoms with van der Waals surface area (Å²) in [4.78, 5) is 6.20.